The predicted octanol–water partition coefficient (Wildman–Crippen LogP) is 1.63. The Morgan fingerprint density at radius 2 is 2.12 bits per heavy atom. The number of aromatic nitrogens is 2. The lowest BCUT2D eigenvalue weighted by Crippen LogP contribution is -2.12. The first-order chi connectivity index (χ1) is 7.89. The topological polar surface area (TPSA) is 88.8 Å². The number of nitrogens with zero attached hydrogens (tertiary/aromatic N) is 1. The summed E-state index contributed by atoms with van der Waals surface area (Å²) in [7, 11) is -3.87. The minimum Gasteiger partial charge on any atom is -0.276 e. The fraction of sp³-hybridized carbons (Fsp3) is 0. The van der Waals surface area contributed by atoms with Crippen LogP contribution in [0.25, 0.3) is 11.3 Å². The number of H-pyrrole nitrogens is 1. The number of nitrogens with two attached hydrogens (primary N) is 1. The number of hydrogen-bond donors (Lipinski definition) is 2. The van der Waals surface area contributed by atoms with E-state index in [1.807, 2.05) is 0 Å². The van der Waals surface area contributed by atoms with Crippen LogP contribution in [0.5, 0.6) is 0 Å². The molecule has 3 N–H and O–H groups in total. The SMILES string of the molecule is NS(=O)(=O)c1cn[nH]c1-c1ccc(F)cc1Br. The van der Waals surface area contributed by atoms with Crippen LogP contribution in [0.2, 0.25) is 0 Å². The molecule has 0 spiro atoms. The molecule has 8 heteroatoms. The van der Waals surface area contributed by atoms with Gasteiger partial charge in [-0.3, -0.25) is 5.10 Å². The highest BCUT2D eigenvalue weighted by Crippen LogP contribution is 2.31. The lowest BCUT2D eigenvalue weighted by atomic mass is 10.1. The van der Waals surface area contributed by atoms with Crippen LogP contribution in [-0.2, 0) is 10.0 Å². The van der Waals surface area contributed by atoms with E-state index in [1.165, 1.54) is 18.2 Å². The van der Waals surface area contributed by atoms with Gasteiger partial charge in [-0.25, -0.2) is 17.9 Å². The van der Waals surface area contributed by atoms with Gasteiger partial charge >= 0.3 is 0 Å². The van der Waals surface area contributed by atoms with Crippen LogP contribution in [0.4, 0.5) is 4.39 Å². The van der Waals surface area contributed by atoms with E-state index in [-0.39, 0.29) is 10.6 Å². The van der Waals surface area contributed by atoms with Crippen molar-refractivity contribution in [1.29, 1.82) is 0 Å². The quantitative estimate of drug-likeness (QED) is 0.881. The molecule has 0 aliphatic carbocycles. The van der Waals surface area contributed by atoms with Gasteiger partial charge in [-0.1, -0.05) is 0 Å². The summed E-state index contributed by atoms with van der Waals surface area (Å²) in [5.74, 6) is -0.433. The van der Waals surface area contributed by atoms with Crippen molar-refractivity contribution in [3.63, 3.8) is 0 Å². The van der Waals surface area contributed by atoms with Crippen LogP contribution >= 0.6 is 15.9 Å². The van der Waals surface area contributed by atoms with Crippen LogP contribution in [0.1, 0.15) is 0 Å². The predicted molar refractivity (Wildman–Crippen MR) is 63.1 cm³/mol. The Hall–Kier alpha value is -1.25. The molecule has 1 heterocycles. The lowest BCUT2D eigenvalue weighted by molar-refractivity contribution is 0.598. The molecule has 0 aliphatic heterocycles. The second-order valence-corrected chi connectivity index (χ2v) is 5.66. The fourth-order valence-corrected chi connectivity index (χ4v) is 2.56. The van der Waals surface area contributed by atoms with Gasteiger partial charge in [0.25, 0.3) is 0 Å². The van der Waals surface area contributed by atoms with Crippen molar-refractivity contribution in [3.8, 4) is 11.3 Å². The highest BCUT2D eigenvalue weighted by molar-refractivity contribution is 9.10. The normalized spacial score (nSPS) is 11.7. The molecule has 0 atom stereocenters. The number of benzene rings is 1. The molecule has 0 saturated carbocycles. The van der Waals surface area contributed by atoms with Crippen molar-refractivity contribution in [2.45, 2.75) is 4.90 Å². The van der Waals surface area contributed by atoms with Crippen LogP contribution in [0.15, 0.2) is 33.8 Å². The lowest BCUT2D eigenvalue weighted by Gasteiger charge is -2.04. The third kappa shape index (κ3) is 2.38. The van der Waals surface area contributed by atoms with Crippen LogP contribution in [0, 0.1) is 5.82 Å². The van der Waals surface area contributed by atoms with Gasteiger partial charge in [-0.2, -0.15) is 5.10 Å². The summed E-state index contributed by atoms with van der Waals surface area (Å²) in [6.07, 6.45) is 1.11. The van der Waals surface area contributed by atoms with Gasteiger partial charge in [0.15, 0.2) is 0 Å². The van der Waals surface area contributed by atoms with Gasteiger partial charge in [0, 0.05) is 10.0 Å². The molecule has 0 unspecified atom stereocenters. The number of sulfonamides is 1. The summed E-state index contributed by atoms with van der Waals surface area (Å²) in [6, 6.07) is 3.87. The Morgan fingerprint density at radius 3 is 2.71 bits per heavy atom. The zero-order chi connectivity index (χ0) is 12.6. The van der Waals surface area contributed by atoms with Crippen LogP contribution in [-0.4, -0.2) is 18.6 Å². The van der Waals surface area contributed by atoms with Crippen molar-refractivity contribution in [3.05, 3.63) is 34.7 Å². The largest absolute Gasteiger partial charge is 0.276 e. The molecule has 0 amide bonds. The summed E-state index contributed by atoms with van der Waals surface area (Å²) >= 11 is 3.15. The Bertz CT molecular complexity index is 669. The number of hydrogen-bond acceptors (Lipinski definition) is 3. The molecular weight excluding hydrogens is 313 g/mol. The van der Waals surface area contributed by atoms with Crippen LogP contribution in [0.3, 0.4) is 0 Å². The second kappa shape index (κ2) is 4.21. The van der Waals surface area contributed by atoms with Gasteiger partial charge in [0.05, 0.1) is 11.9 Å². The van der Waals surface area contributed by atoms with Crippen molar-refractivity contribution in [2.75, 3.05) is 0 Å². The van der Waals surface area contributed by atoms with E-state index in [4.69, 9.17) is 5.14 Å². The van der Waals surface area contributed by atoms with E-state index < -0.39 is 15.8 Å². The van der Waals surface area contributed by atoms with E-state index >= 15 is 0 Å². The van der Waals surface area contributed by atoms with E-state index in [9.17, 15) is 12.8 Å². The standard InChI is InChI=1S/C9H7BrFN3O2S/c10-7-3-5(11)1-2-6(7)9-8(4-13-14-9)17(12,15)16/h1-4H,(H,13,14)(H2,12,15,16). The molecule has 90 valence electrons. The first kappa shape index (κ1) is 12.2. The van der Waals surface area contributed by atoms with Gasteiger partial charge in [0.2, 0.25) is 10.0 Å². The average molecular weight is 320 g/mol. The molecule has 0 radical (unpaired) electrons. The first-order valence-corrected chi connectivity index (χ1v) is 6.75. The number of aromatic amines is 1. The fourth-order valence-electron chi connectivity index (χ4n) is 1.38. The molecule has 5 nitrogen and oxygen atoms in total. The number of primary sulfonamides is 1. The monoisotopic (exact) mass is 319 g/mol. The Kier molecular flexibility index (Phi) is 3.02. The molecule has 0 bridgehead atoms. The molecule has 2 aromatic rings. The smallest absolute Gasteiger partial charge is 0.241 e. The van der Waals surface area contributed by atoms with Gasteiger partial charge in [-0.05, 0) is 34.1 Å². The maximum atomic E-state index is 12.9. The van der Waals surface area contributed by atoms with Crippen molar-refractivity contribution >= 4 is 26.0 Å². The van der Waals surface area contributed by atoms with Gasteiger partial charge in [0.1, 0.15) is 10.7 Å². The molecule has 1 aromatic heterocycles. The zero-order valence-corrected chi connectivity index (χ0v) is 10.7. The summed E-state index contributed by atoms with van der Waals surface area (Å²) in [5.41, 5.74) is 0.687. The maximum Gasteiger partial charge on any atom is 0.241 e. The number of nitrogens with one attached hydrogen (secondary N) is 1. The number of halogens is 2. The summed E-state index contributed by atoms with van der Waals surface area (Å²) in [6.45, 7) is 0. The van der Waals surface area contributed by atoms with Crippen molar-refractivity contribution < 1.29 is 12.8 Å². The maximum absolute atomic E-state index is 12.9. The van der Waals surface area contributed by atoms with Gasteiger partial charge < -0.3 is 0 Å². The van der Waals surface area contributed by atoms with E-state index in [1.54, 1.807) is 0 Å². The van der Waals surface area contributed by atoms with E-state index in [0.717, 1.165) is 6.20 Å². The minimum absolute atomic E-state index is 0.134. The number of rotatable bonds is 2. The van der Waals surface area contributed by atoms with E-state index in [0.29, 0.717) is 10.0 Å². The first-order valence-electron chi connectivity index (χ1n) is 4.41. The highest BCUT2D eigenvalue weighted by atomic mass is 79.9. The molecule has 0 fully saturated rings. The Labute approximate surface area is 105 Å². The highest BCUT2D eigenvalue weighted by Gasteiger charge is 2.19. The average Bonchev–Trinajstić information content (AvgIpc) is 2.65. The van der Waals surface area contributed by atoms with E-state index in [2.05, 4.69) is 26.1 Å². The molecular formula is C9H7BrFN3O2S. The van der Waals surface area contributed by atoms with Crippen molar-refractivity contribution in [1.82, 2.24) is 10.2 Å². The van der Waals surface area contributed by atoms with Crippen molar-refractivity contribution in [2.24, 2.45) is 5.14 Å². The Morgan fingerprint density at radius 1 is 1.41 bits per heavy atom. The van der Waals surface area contributed by atoms with Crippen LogP contribution < -0.4 is 5.14 Å². The molecule has 1 aromatic carbocycles. The molecule has 0 aliphatic rings. The minimum atomic E-state index is -3.87. The zero-order valence-electron chi connectivity index (χ0n) is 8.31. The summed E-state index contributed by atoms with van der Waals surface area (Å²) < 4.78 is 35.9. The third-order valence-electron chi connectivity index (χ3n) is 2.11. The molecule has 17 heavy (non-hydrogen) atoms. The second-order valence-electron chi connectivity index (χ2n) is 3.28. The summed E-state index contributed by atoms with van der Waals surface area (Å²) in [4.78, 5) is -0.134. The third-order valence-corrected chi connectivity index (χ3v) is 3.69. The summed E-state index contributed by atoms with van der Waals surface area (Å²) in [5, 5.41) is 11.2. The molecule has 2 rings (SSSR count). The Balaban J connectivity index is 2.66. The molecule has 0 saturated heterocycles. The van der Waals surface area contributed by atoms with Gasteiger partial charge in [-0.15, -0.1) is 0 Å².